The highest BCUT2D eigenvalue weighted by Crippen LogP contribution is 2.33. The maximum atomic E-state index is 14.0. The third-order valence-corrected chi connectivity index (χ3v) is 2.93. The summed E-state index contributed by atoms with van der Waals surface area (Å²) in [5.74, 6) is -3.63. The summed E-state index contributed by atoms with van der Waals surface area (Å²) in [7, 11) is 1.17. The average molecular weight is 321 g/mol. The molecule has 0 unspecified atom stereocenters. The Hall–Kier alpha value is -2.52. The van der Waals surface area contributed by atoms with Crippen molar-refractivity contribution in [3.8, 4) is 5.75 Å². The number of nitrogens with one attached hydrogen (secondary N) is 1. The maximum absolute atomic E-state index is 14.0. The van der Waals surface area contributed by atoms with E-state index in [1.807, 2.05) is 5.32 Å². The summed E-state index contributed by atoms with van der Waals surface area (Å²) >= 11 is 0. The van der Waals surface area contributed by atoms with Crippen LogP contribution in [0, 0.1) is 11.6 Å². The molecule has 120 valence electrons. The quantitative estimate of drug-likeness (QED) is 0.830. The number of hydrogen-bond donors (Lipinski definition) is 2. The Morgan fingerprint density at radius 1 is 1.50 bits per heavy atom. The fraction of sp³-hybridized carbons (Fsp3) is 0.333. The molecule has 2 aromatic rings. The number of carbonyl (C=O) groups is 1. The third-order valence-electron chi connectivity index (χ3n) is 2.93. The van der Waals surface area contributed by atoms with Crippen LogP contribution in [0.5, 0.6) is 5.75 Å². The SMILES string of the molecule is COc1cc(F)c(F)c2c1nc(C(F)F)n2CCNC(=O)O. The van der Waals surface area contributed by atoms with Crippen molar-refractivity contribution in [3.63, 3.8) is 0 Å². The standard InChI is InChI=1S/C12H11F4N3O3/c1-22-6-4-5(13)7(14)9-8(6)18-11(10(15)16)19(9)3-2-17-12(20)21/h4,10,17H,2-3H2,1H3,(H,20,21). The normalized spacial score (nSPS) is 11.2. The van der Waals surface area contributed by atoms with Gasteiger partial charge in [0, 0.05) is 19.2 Å². The summed E-state index contributed by atoms with van der Waals surface area (Å²) in [6.07, 6.45) is -4.42. The van der Waals surface area contributed by atoms with Gasteiger partial charge >= 0.3 is 6.09 Å². The molecule has 1 aromatic heterocycles. The second kappa shape index (κ2) is 6.08. The van der Waals surface area contributed by atoms with Crippen molar-refractivity contribution in [2.75, 3.05) is 13.7 Å². The Morgan fingerprint density at radius 3 is 2.73 bits per heavy atom. The summed E-state index contributed by atoms with van der Waals surface area (Å²) in [6, 6.07) is 0.708. The molecule has 2 rings (SSSR count). The first-order valence-corrected chi connectivity index (χ1v) is 6.03. The van der Waals surface area contributed by atoms with Gasteiger partial charge in [-0.05, 0) is 0 Å². The second-order valence-electron chi connectivity index (χ2n) is 4.23. The maximum Gasteiger partial charge on any atom is 0.404 e. The van der Waals surface area contributed by atoms with Crippen LogP contribution in [0.25, 0.3) is 11.0 Å². The number of amides is 1. The largest absolute Gasteiger partial charge is 0.494 e. The predicted octanol–water partition coefficient (Wildman–Crippen LogP) is 2.53. The Kier molecular flexibility index (Phi) is 4.38. The zero-order valence-corrected chi connectivity index (χ0v) is 11.2. The van der Waals surface area contributed by atoms with Crippen molar-refractivity contribution >= 4 is 17.1 Å². The van der Waals surface area contributed by atoms with Crippen LogP contribution in [-0.2, 0) is 6.54 Å². The number of fused-ring (bicyclic) bond motifs is 1. The van der Waals surface area contributed by atoms with Crippen LogP contribution >= 0.6 is 0 Å². The fourth-order valence-corrected chi connectivity index (χ4v) is 2.05. The Bertz CT molecular complexity index is 717. The molecule has 6 nitrogen and oxygen atoms in total. The van der Waals surface area contributed by atoms with Gasteiger partial charge in [-0.1, -0.05) is 0 Å². The molecule has 1 aromatic carbocycles. The van der Waals surface area contributed by atoms with Crippen LogP contribution < -0.4 is 10.1 Å². The van der Waals surface area contributed by atoms with Crippen LogP contribution in [0.2, 0.25) is 0 Å². The Balaban J connectivity index is 2.61. The molecule has 22 heavy (non-hydrogen) atoms. The number of rotatable bonds is 5. The molecule has 1 amide bonds. The number of alkyl halides is 2. The van der Waals surface area contributed by atoms with Gasteiger partial charge in [-0.15, -0.1) is 0 Å². The van der Waals surface area contributed by atoms with Crippen LogP contribution in [0.1, 0.15) is 12.2 Å². The van der Waals surface area contributed by atoms with Gasteiger partial charge in [-0.3, -0.25) is 0 Å². The summed E-state index contributed by atoms with van der Waals surface area (Å²) in [5, 5.41) is 10.4. The van der Waals surface area contributed by atoms with Crippen molar-refractivity contribution < 1.29 is 32.2 Å². The smallest absolute Gasteiger partial charge is 0.404 e. The molecule has 1 heterocycles. The Morgan fingerprint density at radius 2 is 2.18 bits per heavy atom. The van der Waals surface area contributed by atoms with Gasteiger partial charge in [-0.25, -0.2) is 27.3 Å². The molecule has 0 aliphatic rings. The van der Waals surface area contributed by atoms with Gasteiger partial charge < -0.3 is 19.7 Å². The zero-order valence-electron chi connectivity index (χ0n) is 11.2. The molecule has 0 spiro atoms. The molecule has 0 aliphatic carbocycles. The first-order chi connectivity index (χ1) is 10.4. The van der Waals surface area contributed by atoms with Crippen molar-refractivity contribution in [3.05, 3.63) is 23.5 Å². The van der Waals surface area contributed by atoms with E-state index in [9.17, 15) is 22.4 Å². The monoisotopic (exact) mass is 321 g/mol. The van der Waals surface area contributed by atoms with Crippen LogP contribution in [0.4, 0.5) is 22.4 Å². The molecule has 0 fully saturated rings. The lowest BCUT2D eigenvalue weighted by atomic mass is 10.2. The first-order valence-electron chi connectivity index (χ1n) is 6.03. The number of benzene rings is 1. The van der Waals surface area contributed by atoms with E-state index in [4.69, 9.17) is 9.84 Å². The minimum atomic E-state index is -3.05. The summed E-state index contributed by atoms with van der Waals surface area (Å²) < 4.78 is 59.1. The van der Waals surface area contributed by atoms with E-state index in [-0.39, 0.29) is 24.4 Å². The highest BCUT2D eigenvalue weighted by molar-refractivity contribution is 5.83. The summed E-state index contributed by atoms with van der Waals surface area (Å²) in [5.41, 5.74) is -0.758. The van der Waals surface area contributed by atoms with Gasteiger partial charge in [0.05, 0.1) is 7.11 Å². The van der Waals surface area contributed by atoms with Crippen molar-refractivity contribution in [2.45, 2.75) is 13.0 Å². The number of ether oxygens (including phenoxy) is 1. The van der Waals surface area contributed by atoms with Crippen molar-refractivity contribution in [1.29, 1.82) is 0 Å². The lowest BCUT2D eigenvalue weighted by Crippen LogP contribution is -2.26. The average Bonchev–Trinajstić information content (AvgIpc) is 2.82. The van der Waals surface area contributed by atoms with Crippen LogP contribution in [0.15, 0.2) is 6.07 Å². The third kappa shape index (κ3) is 2.76. The van der Waals surface area contributed by atoms with E-state index < -0.39 is 35.5 Å². The lowest BCUT2D eigenvalue weighted by Gasteiger charge is -2.09. The molecule has 0 atom stereocenters. The van der Waals surface area contributed by atoms with Crippen LogP contribution in [0.3, 0.4) is 0 Å². The van der Waals surface area contributed by atoms with E-state index in [1.165, 1.54) is 7.11 Å². The molecule has 0 bridgehead atoms. The number of hydrogen-bond acceptors (Lipinski definition) is 3. The van der Waals surface area contributed by atoms with E-state index in [0.29, 0.717) is 6.07 Å². The van der Waals surface area contributed by atoms with Gasteiger partial charge in [-0.2, -0.15) is 0 Å². The molecule has 2 N–H and O–H groups in total. The molecular formula is C12H11F4N3O3. The number of aromatic nitrogens is 2. The topological polar surface area (TPSA) is 76.4 Å². The van der Waals surface area contributed by atoms with Gasteiger partial charge in [0.15, 0.2) is 17.5 Å². The molecule has 0 saturated carbocycles. The number of carboxylic acid groups (broad SMARTS) is 1. The molecule has 0 aliphatic heterocycles. The van der Waals surface area contributed by atoms with E-state index in [1.54, 1.807) is 0 Å². The minimum Gasteiger partial charge on any atom is -0.494 e. The van der Waals surface area contributed by atoms with E-state index in [0.717, 1.165) is 4.57 Å². The highest BCUT2D eigenvalue weighted by atomic mass is 19.3. The van der Waals surface area contributed by atoms with Crippen molar-refractivity contribution in [1.82, 2.24) is 14.9 Å². The van der Waals surface area contributed by atoms with Crippen molar-refractivity contribution in [2.24, 2.45) is 0 Å². The molecular weight excluding hydrogens is 310 g/mol. The van der Waals surface area contributed by atoms with E-state index in [2.05, 4.69) is 4.98 Å². The Labute approximate surface area is 121 Å². The highest BCUT2D eigenvalue weighted by Gasteiger charge is 2.25. The number of halogens is 4. The zero-order chi connectivity index (χ0) is 16.4. The minimum absolute atomic E-state index is 0.194. The molecule has 0 saturated heterocycles. The number of nitrogens with zero attached hydrogens (tertiary/aromatic N) is 2. The van der Waals surface area contributed by atoms with Gasteiger partial charge in [0.25, 0.3) is 6.43 Å². The number of imidazole rings is 1. The van der Waals surface area contributed by atoms with Crippen LogP contribution in [-0.4, -0.2) is 34.4 Å². The van der Waals surface area contributed by atoms with E-state index >= 15 is 0 Å². The fourth-order valence-electron chi connectivity index (χ4n) is 2.05. The predicted molar refractivity (Wildman–Crippen MR) is 67.2 cm³/mol. The lowest BCUT2D eigenvalue weighted by molar-refractivity contribution is 0.136. The second-order valence-corrected chi connectivity index (χ2v) is 4.23. The molecule has 0 radical (unpaired) electrons. The molecule has 10 heteroatoms. The summed E-state index contributed by atoms with van der Waals surface area (Å²) in [6.45, 7) is -0.620. The summed E-state index contributed by atoms with van der Waals surface area (Å²) in [4.78, 5) is 14.0. The first kappa shape index (κ1) is 15.9. The van der Waals surface area contributed by atoms with Gasteiger partial charge in [0.1, 0.15) is 16.8 Å². The van der Waals surface area contributed by atoms with Gasteiger partial charge in [0.2, 0.25) is 0 Å². The number of methoxy groups -OCH3 is 1.